The first-order chi connectivity index (χ1) is 6.48. The lowest BCUT2D eigenvalue weighted by molar-refractivity contribution is 0.537. The molecule has 0 fully saturated rings. The van der Waals surface area contributed by atoms with Crippen LogP contribution in [0.4, 0.5) is 0 Å². The summed E-state index contributed by atoms with van der Waals surface area (Å²) in [4.78, 5) is 1.01. The van der Waals surface area contributed by atoms with Gasteiger partial charge in [-0.15, -0.1) is 0 Å². The van der Waals surface area contributed by atoms with Crippen molar-refractivity contribution in [3.05, 3.63) is 29.8 Å². The van der Waals surface area contributed by atoms with Crippen molar-refractivity contribution >= 4 is 10.5 Å². The van der Waals surface area contributed by atoms with E-state index in [4.69, 9.17) is 0 Å². The third-order valence-corrected chi connectivity index (χ3v) is 5.08. The van der Waals surface area contributed by atoms with E-state index in [1.165, 1.54) is 5.56 Å². The molecule has 0 aromatic heterocycles. The van der Waals surface area contributed by atoms with Crippen LogP contribution in [0.3, 0.4) is 0 Å². The summed E-state index contributed by atoms with van der Waals surface area (Å²) in [6, 6.07) is 8.21. The van der Waals surface area contributed by atoms with Crippen LogP contribution in [0.25, 0.3) is 0 Å². The maximum absolute atomic E-state index is 10.2. The molecule has 1 aromatic carbocycles. The first kappa shape index (κ1) is 11.6. The highest BCUT2D eigenvalue weighted by atomic mass is 32.3. The van der Waals surface area contributed by atoms with Gasteiger partial charge in [0.25, 0.3) is 0 Å². The van der Waals surface area contributed by atoms with Gasteiger partial charge in [-0.1, -0.05) is 29.6 Å². The molecule has 0 aliphatic carbocycles. The molecule has 2 nitrogen and oxygen atoms in total. The highest BCUT2D eigenvalue weighted by Crippen LogP contribution is 2.49. The molecule has 1 N–H and O–H groups in total. The maximum atomic E-state index is 10.2. The van der Waals surface area contributed by atoms with Gasteiger partial charge in [0.1, 0.15) is 0 Å². The van der Waals surface area contributed by atoms with E-state index >= 15 is 0 Å². The van der Waals surface area contributed by atoms with E-state index in [0.717, 1.165) is 11.3 Å². The molecule has 1 unspecified atom stereocenters. The Morgan fingerprint density at radius 1 is 1.21 bits per heavy atom. The Morgan fingerprint density at radius 3 is 2.07 bits per heavy atom. The number of nitrogens with zero attached hydrogens (tertiary/aromatic N) is 1. The summed E-state index contributed by atoms with van der Waals surface area (Å²) >= 11 is 0. The molecule has 3 heteroatoms. The molecule has 0 bridgehead atoms. The van der Waals surface area contributed by atoms with E-state index in [2.05, 4.69) is 19.1 Å². The summed E-state index contributed by atoms with van der Waals surface area (Å²) in [6.45, 7) is 2.13. The molecular formula is C11H19NOS. The SMILES string of the molecule is CCc1ccc(S(C)(O)N(C)C)cc1. The number of rotatable bonds is 3. The van der Waals surface area contributed by atoms with E-state index in [1.54, 1.807) is 0 Å². The van der Waals surface area contributed by atoms with Gasteiger partial charge in [-0.05, 0) is 38.2 Å². The Hall–Kier alpha value is -0.510. The van der Waals surface area contributed by atoms with Gasteiger partial charge in [0.05, 0.1) is 0 Å². The monoisotopic (exact) mass is 213 g/mol. The summed E-state index contributed by atoms with van der Waals surface area (Å²) < 4.78 is 12.1. The minimum atomic E-state index is -1.77. The lowest BCUT2D eigenvalue weighted by Gasteiger charge is -2.36. The molecule has 0 aliphatic rings. The van der Waals surface area contributed by atoms with Crippen LogP contribution in [0, 0.1) is 0 Å². The van der Waals surface area contributed by atoms with Crippen LogP contribution < -0.4 is 0 Å². The van der Waals surface area contributed by atoms with Crippen LogP contribution >= 0.6 is 10.5 Å². The van der Waals surface area contributed by atoms with Crippen molar-refractivity contribution in [1.29, 1.82) is 0 Å². The van der Waals surface area contributed by atoms with Crippen molar-refractivity contribution in [2.75, 3.05) is 20.4 Å². The Kier molecular flexibility index (Phi) is 3.59. The molecule has 0 radical (unpaired) electrons. The topological polar surface area (TPSA) is 23.5 Å². The molecule has 0 saturated carbocycles. The second-order valence-corrected chi connectivity index (χ2v) is 6.51. The van der Waals surface area contributed by atoms with Crippen LogP contribution in [0.2, 0.25) is 0 Å². The summed E-state index contributed by atoms with van der Waals surface area (Å²) in [6.07, 6.45) is 2.92. The molecular weight excluding hydrogens is 194 g/mol. The van der Waals surface area contributed by atoms with Gasteiger partial charge < -0.3 is 4.55 Å². The Labute approximate surface area is 88.2 Å². The Bertz CT molecular complexity index is 293. The Morgan fingerprint density at radius 2 is 1.71 bits per heavy atom. The summed E-state index contributed by atoms with van der Waals surface area (Å²) in [5, 5.41) is 0. The molecule has 1 atom stereocenters. The predicted molar refractivity (Wildman–Crippen MR) is 63.9 cm³/mol. The van der Waals surface area contributed by atoms with Gasteiger partial charge in [-0.25, -0.2) is 0 Å². The standard InChI is InChI=1S/C11H19NOS/c1-5-10-6-8-11(9-7-10)14(4,13)12(2)3/h6-9,13H,5H2,1-4H3. The highest BCUT2D eigenvalue weighted by molar-refractivity contribution is 8.26. The van der Waals surface area contributed by atoms with Gasteiger partial charge in [-0.3, -0.25) is 4.31 Å². The number of hydrogen-bond acceptors (Lipinski definition) is 2. The van der Waals surface area contributed by atoms with E-state index in [1.807, 2.05) is 36.8 Å². The summed E-state index contributed by atoms with van der Waals surface area (Å²) in [5.41, 5.74) is 1.31. The average molecular weight is 213 g/mol. The van der Waals surface area contributed by atoms with Crippen LogP contribution in [0.1, 0.15) is 12.5 Å². The molecule has 0 aliphatic heterocycles. The zero-order valence-electron chi connectivity index (χ0n) is 9.32. The molecule has 0 heterocycles. The molecule has 0 amide bonds. The van der Waals surface area contributed by atoms with E-state index < -0.39 is 10.5 Å². The van der Waals surface area contributed by atoms with Crippen LogP contribution in [-0.2, 0) is 6.42 Å². The zero-order valence-corrected chi connectivity index (χ0v) is 10.1. The highest BCUT2D eigenvalue weighted by Gasteiger charge is 2.18. The second-order valence-electron chi connectivity index (χ2n) is 3.64. The fourth-order valence-corrected chi connectivity index (χ4v) is 2.27. The van der Waals surface area contributed by atoms with E-state index in [-0.39, 0.29) is 0 Å². The predicted octanol–water partition coefficient (Wildman–Crippen LogP) is 2.99. The summed E-state index contributed by atoms with van der Waals surface area (Å²) in [5.74, 6) is 0. The van der Waals surface area contributed by atoms with Crippen molar-refractivity contribution in [3.63, 3.8) is 0 Å². The normalized spacial score (nSPS) is 17.9. The maximum Gasteiger partial charge on any atom is 0.0258 e. The van der Waals surface area contributed by atoms with Crippen molar-refractivity contribution in [2.24, 2.45) is 0 Å². The zero-order chi connectivity index (χ0) is 10.8. The first-order valence-electron chi connectivity index (χ1n) is 4.75. The van der Waals surface area contributed by atoms with E-state index in [0.29, 0.717) is 0 Å². The van der Waals surface area contributed by atoms with Crippen LogP contribution in [-0.4, -0.2) is 29.2 Å². The molecule has 14 heavy (non-hydrogen) atoms. The average Bonchev–Trinajstić information content (AvgIpc) is 2.17. The molecule has 0 saturated heterocycles. The Balaban J connectivity index is 2.97. The summed E-state index contributed by atoms with van der Waals surface area (Å²) in [7, 11) is 2.04. The minimum absolute atomic E-state index is 1.01. The smallest absolute Gasteiger partial charge is 0.0258 e. The largest absolute Gasteiger partial charge is 0.334 e. The third kappa shape index (κ3) is 2.29. The van der Waals surface area contributed by atoms with Gasteiger partial charge in [-0.2, -0.15) is 0 Å². The van der Waals surface area contributed by atoms with Gasteiger partial charge in [0, 0.05) is 11.2 Å². The lowest BCUT2D eigenvalue weighted by atomic mass is 10.2. The van der Waals surface area contributed by atoms with Crippen molar-refractivity contribution in [2.45, 2.75) is 18.2 Å². The first-order valence-corrected chi connectivity index (χ1v) is 6.71. The van der Waals surface area contributed by atoms with Crippen molar-refractivity contribution in [1.82, 2.24) is 4.31 Å². The van der Waals surface area contributed by atoms with Crippen LogP contribution in [0.15, 0.2) is 29.2 Å². The van der Waals surface area contributed by atoms with E-state index in [9.17, 15) is 4.55 Å². The van der Waals surface area contributed by atoms with Crippen LogP contribution in [0.5, 0.6) is 0 Å². The van der Waals surface area contributed by atoms with Crippen molar-refractivity contribution in [3.8, 4) is 0 Å². The fraction of sp³-hybridized carbons (Fsp3) is 0.455. The number of hydrogen-bond donors (Lipinski definition) is 1. The molecule has 1 aromatic rings. The van der Waals surface area contributed by atoms with Gasteiger partial charge in [0.15, 0.2) is 0 Å². The van der Waals surface area contributed by atoms with Gasteiger partial charge >= 0.3 is 0 Å². The molecule has 1 rings (SSSR count). The number of benzene rings is 1. The second kappa shape index (κ2) is 4.34. The minimum Gasteiger partial charge on any atom is -0.334 e. The fourth-order valence-electron chi connectivity index (χ4n) is 1.19. The molecule has 0 spiro atoms. The molecule has 80 valence electrons. The number of aryl methyl sites for hydroxylation is 1. The lowest BCUT2D eigenvalue weighted by Crippen LogP contribution is -2.17. The van der Waals surface area contributed by atoms with Gasteiger partial charge in [0.2, 0.25) is 0 Å². The van der Waals surface area contributed by atoms with Crippen molar-refractivity contribution < 1.29 is 4.55 Å². The third-order valence-electron chi connectivity index (χ3n) is 2.49. The quantitative estimate of drug-likeness (QED) is 0.834.